The van der Waals surface area contributed by atoms with Gasteiger partial charge >= 0.3 is 0 Å². The van der Waals surface area contributed by atoms with Crippen LogP contribution in [0.5, 0.6) is 0 Å². The molecule has 164 valence electrons. The Morgan fingerprint density at radius 1 is 0.969 bits per heavy atom. The van der Waals surface area contributed by atoms with Crippen molar-refractivity contribution < 1.29 is 9.72 Å². The van der Waals surface area contributed by atoms with Crippen LogP contribution in [0.4, 0.5) is 28.8 Å². The van der Waals surface area contributed by atoms with E-state index in [1.165, 1.54) is 30.7 Å². The summed E-state index contributed by atoms with van der Waals surface area (Å²) in [6.07, 6.45) is 3.57. The molecule has 1 saturated heterocycles. The first-order valence-corrected chi connectivity index (χ1v) is 10.5. The van der Waals surface area contributed by atoms with E-state index in [9.17, 15) is 14.9 Å². The number of aryl methyl sites for hydroxylation is 1. The number of non-ortho nitro benzene ring substituents is 1. The van der Waals surface area contributed by atoms with Crippen LogP contribution in [0.15, 0.2) is 54.6 Å². The van der Waals surface area contributed by atoms with Crippen LogP contribution in [0, 0.1) is 17.0 Å². The molecule has 1 fully saturated rings. The van der Waals surface area contributed by atoms with Crippen LogP contribution in [-0.4, -0.2) is 33.9 Å². The SMILES string of the molecule is Cc1cc(Nc2ccc(NC(=O)c3ccc([N+](=O)[O-])cc3)cc2)nc(N2CCCCC2)n1. The topological polar surface area (TPSA) is 113 Å². The van der Waals surface area contributed by atoms with Gasteiger partial charge in [-0.3, -0.25) is 14.9 Å². The van der Waals surface area contributed by atoms with Crippen LogP contribution in [0.2, 0.25) is 0 Å². The van der Waals surface area contributed by atoms with Gasteiger partial charge in [0, 0.05) is 53.9 Å². The van der Waals surface area contributed by atoms with E-state index in [0.717, 1.165) is 49.1 Å². The summed E-state index contributed by atoms with van der Waals surface area (Å²) in [6.45, 7) is 3.91. The number of piperidine rings is 1. The number of amides is 1. The summed E-state index contributed by atoms with van der Waals surface area (Å²) in [7, 11) is 0. The Morgan fingerprint density at radius 3 is 2.28 bits per heavy atom. The molecule has 9 heteroatoms. The van der Waals surface area contributed by atoms with E-state index in [-0.39, 0.29) is 11.6 Å². The molecule has 4 rings (SSSR count). The Bertz CT molecular complexity index is 1110. The highest BCUT2D eigenvalue weighted by Crippen LogP contribution is 2.22. The molecule has 9 nitrogen and oxygen atoms in total. The van der Waals surface area contributed by atoms with Gasteiger partial charge in [0.05, 0.1) is 4.92 Å². The molecule has 2 N–H and O–H groups in total. The number of anilines is 4. The zero-order chi connectivity index (χ0) is 22.5. The molecular weight excluding hydrogens is 408 g/mol. The second kappa shape index (κ2) is 9.42. The lowest BCUT2D eigenvalue weighted by Crippen LogP contribution is -2.31. The van der Waals surface area contributed by atoms with Crippen LogP contribution in [0.25, 0.3) is 0 Å². The summed E-state index contributed by atoms with van der Waals surface area (Å²) in [5, 5.41) is 16.8. The van der Waals surface area contributed by atoms with Gasteiger partial charge in [0.2, 0.25) is 5.95 Å². The second-order valence-electron chi connectivity index (χ2n) is 7.70. The third-order valence-corrected chi connectivity index (χ3v) is 5.24. The maximum atomic E-state index is 12.4. The quantitative estimate of drug-likeness (QED) is 0.429. The first kappa shape index (κ1) is 21.2. The van der Waals surface area contributed by atoms with Crippen molar-refractivity contribution in [1.29, 1.82) is 0 Å². The van der Waals surface area contributed by atoms with E-state index in [4.69, 9.17) is 0 Å². The third-order valence-electron chi connectivity index (χ3n) is 5.24. The number of nitro benzene ring substituents is 1. The number of hydrogen-bond donors (Lipinski definition) is 2. The standard InChI is InChI=1S/C23H24N6O3/c1-16-15-21(27-23(24-16)28-13-3-2-4-14-28)25-18-7-9-19(10-8-18)26-22(30)17-5-11-20(12-6-17)29(31)32/h5-12,15H,2-4,13-14H2,1H3,(H,26,30)(H,24,25,27). The summed E-state index contributed by atoms with van der Waals surface area (Å²) in [4.78, 5) is 34.1. The van der Waals surface area contributed by atoms with Crippen molar-refractivity contribution >= 4 is 34.7 Å². The molecule has 1 aliphatic rings. The Balaban J connectivity index is 1.41. The monoisotopic (exact) mass is 432 g/mol. The number of nitro groups is 1. The maximum absolute atomic E-state index is 12.4. The molecule has 2 aromatic carbocycles. The molecule has 0 spiro atoms. The number of nitrogens with one attached hydrogen (secondary N) is 2. The predicted octanol–water partition coefficient (Wildman–Crippen LogP) is 4.68. The van der Waals surface area contributed by atoms with Gasteiger partial charge in [-0.05, 0) is 62.6 Å². The number of aromatic nitrogens is 2. The van der Waals surface area contributed by atoms with Crippen molar-refractivity contribution in [2.75, 3.05) is 28.6 Å². The highest BCUT2D eigenvalue weighted by molar-refractivity contribution is 6.04. The largest absolute Gasteiger partial charge is 0.341 e. The molecular formula is C23H24N6O3. The fraction of sp³-hybridized carbons (Fsp3) is 0.261. The number of nitrogens with zero attached hydrogens (tertiary/aromatic N) is 4. The van der Waals surface area contributed by atoms with E-state index >= 15 is 0 Å². The lowest BCUT2D eigenvalue weighted by atomic mass is 10.1. The fourth-order valence-corrected chi connectivity index (χ4v) is 3.57. The van der Waals surface area contributed by atoms with E-state index < -0.39 is 4.92 Å². The summed E-state index contributed by atoms with van der Waals surface area (Å²) in [6, 6.07) is 14.6. The maximum Gasteiger partial charge on any atom is 0.269 e. The summed E-state index contributed by atoms with van der Waals surface area (Å²) >= 11 is 0. The normalized spacial score (nSPS) is 13.5. The van der Waals surface area contributed by atoms with Crippen LogP contribution < -0.4 is 15.5 Å². The van der Waals surface area contributed by atoms with Crippen molar-refractivity contribution in [2.45, 2.75) is 26.2 Å². The van der Waals surface area contributed by atoms with Crippen molar-refractivity contribution in [3.8, 4) is 0 Å². The number of carbonyl (C=O) groups is 1. The molecule has 0 saturated carbocycles. The van der Waals surface area contributed by atoms with Crippen molar-refractivity contribution in [3.63, 3.8) is 0 Å². The highest BCUT2D eigenvalue weighted by atomic mass is 16.6. The first-order valence-electron chi connectivity index (χ1n) is 10.5. The fourth-order valence-electron chi connectivity index (χ4n) is 3.57. The number of rotatable bonds is 6. The van der Waals surface area contributed by atoms with E-state index in [2.05, 4.69) is 25.5 Å². The zero-order valence-electron chi connectivity index (χ0n) is 17.7. The molecule has 1 amide bonds. The number of benzene rings is 2. The van der Waals surface area contributed by atoms with Gasteiger partial charge in [-0.15, -0.1) is 0 Å². The molecule has 0 atom stereocenters. The predicted molar refractivity (Wildman–Crippen MR) is 124 cm³/mol. The first-order chi connectivity index (χ1) is 15.5. The molecule has 0 bridgehead atoms. The van der Waals surface area contributed by atoms with Crippen molar-refractivity contribution in [3.05, 3.63) is 76.0 Å². The van der Waals surface area contributed by atoms with E-state index in [0.29, 0.717) is 11.3 Å². The van der Waals surface area contributed by atoms with Gasteiger partial charge in [0.15, 0.2) is 0 Å². The van der Waals surface area contributed by atoms with Gasteiger partial charge in [0.1, 0.15) is 5.82 Å². The summed E-state index contributed by atoms with van der Waals surface area (Å²) in [5.41, 5.74) is 2.64. The lowest BCUT2D eigenvalue weighted by molar-refractivity contribution is -0.384. The highest BCUT2D eigenvalue weighted by Gasteiger charge is 2.15. The molecule has 1 aliphatic heterocycles. The minimum Gasteiger partial charge on any atom is -0.341 e. The molecule has 0 aliphatic carbocycles. The van der Waals surface area contributed by atoms with E-state index in [1.54, 1.807) is 12.1 Å². The Morgan fingerprint density at radius 2 is 1.62 bits per heavy atom. The average molecular weight is 432 g/mol. The summed E-state index contributed by atoms with van der Waals surface area (Å²) < 4.78 is 0. The number of carbonyl (C=O) groups excluding carboxylic acids is 1. The Labute approximate surface area is 185 Å². The minimum atomic E-state index is -0.498. The summed E-state index contributed by atoms with van der Waals surface area (Å²) in [5.74, 6) is 1.14. The van der Waals surface area contributed by atoms with Gasteiger partial charge in [-0.1, -0.05) is 0 Å². The molecule has 0 unspecified atom stereocenters. The van der Waals surface area contributed by atoms with Crippen LogP contribution in [-0.2, 0) is 0 Å². The van der Waals surface area contributed by atoms with Crippen LogP contribution >= 0.6 is 0 Å². The van der Waals surface area contributed by atoms with Gasteiger partial charge in [-0.25, -0.2) is 4.98 Å². The smallest absolute Gasteiger partial charge is 0.269 e. The lowest BCUT2D eigenvalue weighted by Gasteiger charge is -2.27. The van der Waals surface area contributed by atoms with Crippen molar-refractivity contribution in [1.82, 2.24) is 9.97 Å². The molecule has 3 aromatic rings. The minimum absolute atomic E-state index is 0.0552. The second-order valence-corrected chi connectivity index (χ2v) is 7.70. The molecule has 1 aromatic heterocycles. The van der Waals surface area contributed by atoms with Gasteiger partial charge in [0.25, 0.3) is 11.6 Å². The van der Waals surface area contributed by atoms with Gasteiger partial charge < -0.3 is 15.5 Å². The Hall–Kier alpha value is -4.01. The number of hydrogen-bond acceptors (Lipinski definition) is 7. The molecule has 0 radical (unpaired) electrons. The van der Waals surface area contributed by atoms with Gasteiger partial charge in [-0.2, -0.15) is 4.98 Å². The molecule has 2 heterocycles. The average Bonchev–Trinajstić information content (AvgIpc) is 2.80. The van der Waals surface area contributed by atoms with Crippen molar-refractivity contribution in [2.24, 2.45) is 0 Å². The zero-order valence-corrected chi connectivity index (χ0v) is 17.7. The molecule has 32 heavy (non-hydrogen) atoms. The third kappa shape index (κ3) is 5.18. The van der Waals surface area contributed by atoms with Crippen LogP contribution in [0.1, 0.15) is 35.3 Å². The van der Waals surface area contributed by atoms with E-state index in [1.807, 2.05) is 25.1 Å². The Kier molecular flexibility index (Phi) is 6.25. The van der Waals surface area contributed by atoms with Crippen LogP contribution in [0.3, 0.4) is 0 Å².